The van der Waals surface area contributed by atoms with Crippen molar-refractivity contribution in [2.24, 2.45) is 10.7 Å². The van der Waals surface area contributed by atoms with Gasteiger partial charge in [-0.25, -0.2) is 0 Å². The SMILES string of the molecule is CN(C)Cc1ccc2cc(Oc3ccc(C(/C=C\N)=N\COCC[Si](C)(C)C)cc3)ccc2n1. The van der Waals surface area contributed by atoms with E-state index in [-0.39, 0.29) is 0 Å². The summed E-state index contributed by atoms with van der Waals surface area (Å²) >= 11 is 0. The molecule has 6 nitrogen and oxygen atoms in total. The van der Waals surface area contributed by atoms with Crippen molar-refractivity contribution in [1.29, 1.82) is 0 Å². The summed E-state index contributed by atoms with van der Waals surface area (Å²) in [4.78, 5) is 11.4. The van der Waals surface area contributed by atoms with E-state index in [1.54, 1.807) is 6.08 Å². The Kier molecular flexibility index (Phi) is 8.98. The first-order valence-corrected chi connectivity index (χ1v) is 15.3. The van der Waals surface area contributed by atoms with Crippen LogP contribution in [0.5, 0.6) is 11.5 Å². The van der Waals surface area contributed by atoms with Crippen molar-refractivity contribution in [3.8, 4) is 11.5 Å². The first-order chi connectivity index (χ1) is 16.2. The number of ether oxygens (including phenoxy) is 2. The molecule has 2 N–H and O–H groups in total. The zero-order valence-electron chi connectivity index (χ0n) is 20.9. The maximum atomic E-state index is 6.08. The summed E-state index contributed by atoms with van der Waals surface area (Å²) in [6, 6.07) is 19.1. The summed E-state index contributed by atoms with van der Waals surface area (Å²) in [5, 5.41) is 1.05. The maximum Gasteiger partial charge on any atom is 0.138 e. The third-order valence-corrected chi connectivity index (χ3v) is 6.86. The first-order valence-electron chi connectivity index (χ1n) is 11.6. The van der Waals surface area contributed by atoms with Crippen LogP contribution in [-0.2, 0) is 11.3 Å². The minimum Gasteiger partial charge on any atom is -0.457 e. The minimum atomic E-state index is -1.10. The molecule has 0 amide bonds. The van der Waals surface area contributed by atoms with E-state index >= 15 is 0 Å². The molecule has 0 aliphatic rings. The molecule has 0 aliphatic heterocycles. The summed E-state index contributed by atoms with van der Waals surface area (Å²) in [5.41, 5.74) is 9.39. The summed E-state index contributed by atoms with van der Waals surface area (Å²) < 4.78 is 11.8. The topological polar surface area (TPSA) is 73.0 Å². The van der Waals surface area contributed by atoms with Crippen molar-refractivity contribution in [1.82, 2.24) is 9.88 Å². The van der Waals surface area contributed by atoms with Crippen molar-refractivity contribution >= 4 is 24.7 Å². The van der Waals surface area contributed by atoms with Gasteiger partial charge in [-0.1, -0.05) is 25.7 Å². The predicted octanol–water partition coefficient (Wildman–Crippen LogP) is 5.66. The van der Waals surface area contributed by atoms with Crippen LogP contribution in [0.3, 0.4) is 0 Å². The second kappa shape index (κ2) is 11.9. The van der Waals surface area contributed by atoms with E-state index < -0.39 is 8.07 Å². The van der Waals surface area contributed by atoms with Crippen molar-refractivity contribution < 1.29 is 9.47 Å². The normalized spacial score (nSPS) is 12.7. The number of hydrogen-bond acceptors (Lipinski definition) is 6. The molecule has 3 aromatic rings. The second-order valence-electron chi connectivity index (χ2n) is 9.77. The van der Waals surface area contributed by atoms with Crippen LogP contribution in [0.15, 0.2) is 71.9 Å². The number of aliphatic imine (C=N–C) groups is 1. The zero-order valence-corrected chi connectivity index (χ0v) is 21.9. The maximum absolute atomic E-state index is 6.08. The van der Waals surface area contributed by atoms with Gasteiger partial charge < -0.3 is 20.1 Å². The zero-order chi connectivity index (χ0) is 24.6. The van der Waals surface area contributed by atoms with Gasteiger partial charge >= 0.3 is 0 Å². The number of allylic oxidation sites excluding steroid dienone is 1. The molecule has 0 fully saturated rings. The number of fused-ring (bicyclic) bond motifs is 1. The number of hydrogen-bond donors (Lipinski definition) is 1. The molecule has 0 aliphatic carbocycles. The van der Waals surface area contributed by atoms with Gasteiger partial charge in [-0.2, -0.15) is 0 Å². The highest BCUT2D eigenvalue weighted by Crippen LogP contribution is 2.26. The van der Waals surface area contributed by atoms with Crippen LogP contribution in [0.1, 0.15) is 11.3 Å². The van der Waals surface area contributed by atoms with Gasteiger partial charge in [0, 0.05) is 32.2 Å². The molecule has 1 aromatic heterocycles. The average molecular weight is 477 g/mol. The van der Waals surface area contributed by atoms with Crippen LogP contribution in [0.4, 0.5) is 0 Å². The third kappa shape index (κ3) is 8.09. The highest BCUT2D eigenvalue weighted by Gasteiger charge is 2.12. The van der Waals surface area contributed by atoms with Crippen molar-refractivity contribution in [2.45, 2.75) is 32.2 Å². The van der Waals surface area contributed by atoms with Gasteiger partial charge in [-0.3, -0.25) is 9.98 Å². The van der Waals surface area contributed by atoms with Gasteiger partial charge in [0.2, 0.25) is 0 Å². The molecule has 0 spiro atoms. The number of aromatic nitrogens is 1. The van der Waals surface area contributed by atoms with Crippen LogP contribution in [-0.4, -0.2) is 51.1 Å². The molecule has 0 atom stereocenters. The van der Waals surface area contributed by atoms with Gasteiger partial charge in [0.05, 0.1) is 16.9 Å². The molecule has 3 rings (SSSR count). The Hall–Kier alpha value is -3.00. The number of nitrogens with two attached hydrogens (primary N) is 1. The number of rotatable bonds is 11. The lowest BCUT2D eigenvalue weighted by Gasteiger charge is -2.14. The molecular weight excluding hydrogens is 440 g/mol. The van der Waals surface area contributed by atoms with Crippen molar-refractivity contribution in [3.05, 3.63) is 78.1 Å². The van der Waals surface area contributed by atoms with E-state index in [2.05, 4.69) is 41.7 Å². The van der Waals surface area contributed by atoms with E-state index in [1.807, 2.05) is 56.6 Å². The van der Waals surface area contributed by atoms with Crippen molar-refractivity contribution in [3.63, 3.8) is 0 Å². The molecule has 0 saturated carbocycles. The van der Waals surface area contributed by atoms with Gasteiger partial charge in [0.15, 0.2) is 0 Å². The summed E-state index contributed by atoms with van der Waals surface area (Å²) in [5.74, 6) is 1.52. The van der Waals surface area contributed by atoms with Gasteiger partial charge in [0.1, 0.15) is 18.2 Å². The van der Waals surface area contributed by atoms with Crippen LogP contribution in [0.25, 0.3) is 10.9 Å². The fraction of sp³-hybridized carbons (Fsp3) is 0.333. The van der Waals surface area contributed by atoms with Gasteiger partial charge in [0.25, 0.3) is 0 Å². The number of pyridine rings is 1. The van der Waals surface area contributed by atoms with Crippen LogP contribution >= 0.6 is 0 Å². The first kappa shape index (κ1) is 25.6. The minimum absolute atomic E-state index is 0.323. The van der Waals surface area contributed by atoms with Crippen LogP contribution in [0.2, 0.25) is 25.7 Å². The fourth-order valence-electron chi connectivity index (χ4n) is 3.34. The predicted molar refractivity (Wildman–Crippen MR) is 144 cm³/mol. The monoisotopic (exact) mass is 476 g/mol. The average Bonchev–Trinajstić information content (AvgIpc) is 2.78. The standard InChI is InChI=1S/C27H36N4O2Si/c1-31(2)19-23-9-6-22-18-25(12-13-27(22)30-23)33-24-10-7-21(8-11-24)26(14-15-28)29-20-32-16-17-34(3,4)5/h6-15,18H,16-17,19-20,28H2,1-5H3/b15-14-,29-26-. The Morgan fingerprint density at radius 1 is 1.03 bits per heavy atom. The lowest BCUT2D eigenvalue weighted by atomic mass is 10.1. The smallest absolute Gasteiger partial charge is 0.138 e. The van der Waals surface area contributed by atoms with Gasteiger partial charge in [-0.05, 0) is 80.9 Å². The highest BCUT2D eigenvalue weighted by atomic mass is 28.3. The summed E-state index contributed by atoms with van der Waals surface area (Å²) in [6.07, 6.45) is 3.29. The Morgan fingerprint density at radius 2 is 1.76 bits per heavy atom. The molecule has 7 heteroatoms. The Balaban J connectivity index is 1.65. The van der Waals surface area contributed by atoms with Crippen LogP contribution in [0, 0.1) is 0 Å². The lowest BCUT2D eigenvalue weighted by Crippen LogP contribution is -2.21. The van der Waals surface area contributed by atoms with Gasteiger partial charge in [-0.15, -0.1) is 0 Å². The second-order valence-corrected chi connectivity index (χ2v) is 15.4. The van der Waals surface area contributed by atoms with E-state index in [0.29, 0.717) is 6.73 Å². The fourth-order valence-corrected chi connectivity index (χ4v) is 4.10. The lowest BCUT2D eigenvalue weighted by molar-refractivity contribution is 0.155. The summed E-state index contributed by atoms with van der Waals surface area (Å²) in [7, 11) is 2.98. The third-order valence-electron chi connectivity index (χ3n) is 5.16. The molecule has 0 unspecified atom stereocenters. The van der Waals surface area contributed by atoms with Crippen molar-refractivity contribution in [2.75, 3.05) is 27.4 Å². The molecule has 0 saturated heterocycles. The molecule has 180 valence electrons. The van der Waals surface area contributed by atoms with Crippen LogP contribution < -0.4 is 10.5 Å². The number of nitrogens with zero attached hydrogens (tertiary/aromatic N) is 3. The quantitative estimate of drug-likeness (QED) is 0.219. The Morgan fingerprint density at radius 3 is 2.44 bits per heavy atom. The largest absolute Gasteiger partial charge is 0.457 e. The van der Waals surface area contributed by atoms with E-state index in [4.69, 9.17) is 20.2 Å². The Bertz CT molecular complexity index is 1140. The molecular formula is C27H36N4O2Si. The highest BCUT2D eigenvalue weighted by molar-refractivity contribution is 6.76. The van der Waals surface area contributed by atoms with E-state index in [1.165, 1.54) is 6.20 Å². The summed E-state index contributed by atoms with van der Waals surface area (Å²) in [6.45, 7) is 8.89. The Labute approximate surface area is 204 Å². The molecule has 0 bridgehead atoms. The molecule has 2 aromatic carbocycles. The molecule has 34 heavy (non-hydrogen) atoms. The molecule has 1 heterocycles. The van der Waals surface area contributed by atoms with E-state index in [9.17, 15) is 0 Å². The number of benzene rings is 2. The van der Waals surface area contributed by atoms with E-state index in [0.717, 1.165) is 58.6 Å². The molecule has 0 radical (unpaired) electrons.